The number of hydrogen-bond donors (Lipinski definition) is 2. The summed E-state index contributed by atoms with van der Waals surface area (Å²) in [5.41, 5.74) is 0.933. The first-order valence-electron chi connectivity index (χ1n) is 9.10. The Morgan fingerprint density at radius 3 is 2.66 bits per heavy atom. The molecule has 9 heteroatoms. The van der Waals surface area contributed by atoms with E-state index in [1.54, 1.807) is 24.5 Å². The topological polar surface area (TPSA) is 72.2 Å². The van der Waals surface area contributed by atoms with Gasteiger partial charge in [0, 0.05) is 17.7 Å². The number of anilines is 2. The van der Waals surface area contributed by atoms with Gasteiger partial charge in [-0.3, -0.25) is 0 Å². The first kappa shape index (κ1) is 20.5. The van der Waals surface area contributed by atoms with Crippen molar-refractivity contribution in [3.63, 3.8) is 0 Å². The van der Waals surface area contributed by atoms with Crippen molar-refractivity contribution in [3.05, 3.63) is 54.5 Å². The van der Waals surface area contributed by atoms with Crippen LogP contribution >= 0.6 is 0 Å². The van der Waals surface area contributed by atoms with Gasteiger partial charge in [-0.2, -0.15) is 4.98 Å². The zero-order valence-corrected chi connectivity index (χ0v) is 16.0. The minimum atomic E-state index is -4.76. The molecule has 2 heterocycles. The highest BCUT2D eigenvalue weighted by atomic mass is 19.4. The summed E-state index contributed by atoms with van der Waals surface area (Å²) in [5.74, 6) is 1.30. The molecule has 2 N–H and O–H groups in total. The molecule has 154 valence electrons. The zero-order valence-electron chi connectivity index (χ0n) is 16.0. The number of nitrogens with one attached hydrogen (secondary N) is 2. The molecule has 0 fully saturated rings. The smallest absolute Gasteiger partial charge is 0.467 e. The van der Waals surface area contributed by atoms with E-state index in [-0.39, 0.29) is 11.8 Å². The molecule has 0 spiro atoms. The summed E-state index contributed by atoms with van der Waals surface area (Å²) in [4.78, 5) is 8.89. The summed E-state index contributed by atoms with van der Waals surface area (Å²) in [5, 5.41) is 6.34. The molecule has 0 amide bonds. The normalized spacial score (nSPS) is 12.4. The fourth-order valence-electron chi connectivity index (χ4n) is 2.52. The maximum Gasteiger partial charge on any atom is 0.573 e. The van der Waals surface area contributed by atoms with Crippen molar-refractivity contribution in [2.24, 2.45) is 0 Å². The fourth-order valence-corrected chi connectivity index (χ4v) is 2.52. The first-order valence-corrected chi connectivity index (χ1v) is 9.10. The highest BCUT2D eigenvalue weighted by Crippen LogP contribution is 2.29. The average Bonchev–Trinajstić information content (AvgIpc) is 3.18. The Kier molecular flexibility index (Phi) is 6.26. The molecule has 3 rings (SSSR count). The van der Waals surface area contributed by atoms with E-state index in [0.29, 0.717) is 29.6 Å². The third-order valence-corrected chi connectivity index (χ3v) is 4.10. The van der Waals surface area contributed by atoms with E-state index >= 15 is 0 Å². The second kappa shape index (κ2) is 8.85. The van der Waals surface area contributed by atoms with Crippen LogP contribution in [-0.2, 0) is 6.54 Å². The largest absolute Gasteiger partial charge is 0.573 e. The lowest BCUT2D eigenvalue weighted by Gasteiger charge is -2.15. The molecule has 3 aromatic rings. The maximum atomic E-state index is 12.5. The van der Waals surface area contributed by atoms with Crippen LogP contribution in [0.5, 0.6) is 5.75 Å². The number of alkyl halides is 3. The molecule has 0 aliphatic rings. The van der Waals surface area contributed by atoms with Gasteiger partial charge in [-0.15, -0.1) is 13.2 Å². The van der Waals surface area contributed by atoms with Crippen molar-refractivity contribution in [1.82, 2.24) is 9.97 Å². The van der Waals surface area contributed by atoms with E-state index in [1.165, 1.54) is 18.2 Å². The highest BCUT2D eigenvalue weighted by Gasteiger charge is 2.31. The monoisotopic (exact) mass is 406 g/mol. The summed E-state index contributed by atoms with van der Waals surface area (Å²) in [6.07, 6.45) is -2.33. The summed E-state index contributed by atoms with van der Waals surface area (Å²) >= 11 is 0. The van der Waals surface area contributed by atoms with Crippen molar-refractivity contribution in [1.29, 1.82) is 0 Å². The third kappa shape index (κ3) is 6.13. The lowest BCUT2D eigenvalue weighted by Crippen LogP contribution is -2.17. The van der Waals surface area contributed by atoms with Crippen LogP contribution in [0.3, 0.4) is 0 Å². The number of nitrogens with zero attached hydrogens (tertiary/aromatic N) is 2. The highest BCUT2D eigenvalue weighted by molar-refractivity contribution is 5.66. The van der Waals surface area contributed by atoms with Gasteiger partial charge in [0.1, 0.15) is 17.3 Å². The van der Waals surface area contributed by atoms with Crippen molar-refractivity contribution >= 4 is 11.8 Å². The van der Waals surface area contributed by atoms with Gasteiger partial charge in [-0.25, -0.2) is 4.98 Å². The molecule has 29 heavy (non-hydrogen) atoms. The Morgan fingerprint density at radius 2 is 1.97 bits per heavy atom. The van der Waals surface area contributed by atoms with Crippen LogP contribution in [0, 0.1) is 0 Å². The summed E-state index contributed by atoms with van der Waals surface area (Å²) in [6.45, 7) is 4.42. The van der Waals surface area contributed by atoms with Gasteiger partial charge in [-0.1, -0.05) is 19.1 Å². The van der Waals surface area contributed by atoms with Crippen LogP contribution in [0.25, 0.3) is 11.3 Å². The number of aromatic nitrogens is 2. The molecular formula is C20H21F3N4O2. The molecule has 6 nitrogen and oxygen atoms in total. The molecule has 2 aromatic heterocycles. The van der Waals surface area contributed by atoms with Crippen LogP contribution in [0.1, 0.15) is 26.0 Å². The Balaban J connectivity index is 1.90. The van der Waals surface area contributed by atoms with E-state index in [1.807, 2.05) is 19.9 Å². The summed E-state index contributed by atoms with van der Waals surface area (Å²) in [7, 11) is 0. The summed E-state index contributed by atoms with van der Waals surface area (Å²) in [6, 6.07) is 11.1. The van der Waals surface area contributed by atoms with Gasteiger partial charge < -0.3 is 19.8 Å². The SMILES string of the molecule is CC[C@H](C)Nc1nc(NCc2ccco2)cc(-c2cccc(OC(F)(F)F)c2)n1. The number of hydrogen-bond acceptors (Lipinski definition) is 6. The lowest BCUT2D eigenvalue weighted by atomic mass is 10.1. The molecule has 0 bridgehead atoms. The number of rotatable bonds is 8. The van der Waals surface area contributed by atoms with Gasteiger partial charge in [0.2, 0.25) is 5.95 Å². The second-order valence-corrected chi connectivity index (χ2v) is 6.42. The fraction of sp³-hybridized carbons (Fsp3) is 0.300. The molecule has 0 radical (unpaired) electrons. The minimum Gasteiger partial charge on any atom is -0.467 e. The predicted octanol–water partition coefficient (Wildman–Crippen LogP) is 5.46. The number of benzene rings is 1. The van der Waals surface area contributed by atoms with Gasteiger partial charge in [0.05, 0.1) is 18.5 Å². The van der Waals surface area contributed by atoms with E-state index in [2.05, 4.69) is 25.3 Å². The number of halogens is 3. The molecule has 0 saturated carbocycles. The Bertz CT molecular complexity index is 930. The Labute approximate surface area is 166 Å². The molecule has 0 saturated heterocycles. The van der Waals surface area contributed by atoms with Crippen LogP contribution in [-0.4, -0.2) is 22.4 Å². The van der Waals surface area contributed by atoms with E-state index in [0.717, 1.165) is 12.2 Å². The van der Waals surface area contributed by atoms with Gasteiger partial charge in [0.25, 0.3) is 0 Å². The van der Waals surface area contributed by atoms with Gasteiger partial charge in [0.15, 0.2) is 0 Å². The summed E-state index contributed by atoms with van der Waals surface area (Å²) < 4.78 is 46.9. The first-order chi connectivity index (χ1) is 13.8. The van der Waals surface area contributed by atoms with Crippen molar-refractivity contribution in [3.8, 4) is 17.0 Å². The van der Waals surface area contributed by atoms with Crippen molar-refractivity contribution < 1.29 is 22.3 Å². The molecular weight excluding hydrogens is 385 g/mol. The molecule has 1 aromatic carbocycles. The zero-order chi connectivity index (χ0) is 20.9. The third-order valence-electron chi connectivity index (χ3n) is 4.10. The van der Waals surface area contributed by atoms with Crippen LogP contribution < -0.4 is 15.4 Å². The Morgan fingerprint density at radius 1 is 1.14 bits per heavy atom. The molecule has 1 atom stereocenters. The van der Waals surface area contributed by atoms with E-state index in [9.17, 15) is 13.2 Å². The average molecular weight is 406 g/mol. The Hall–Kier alpha value is -3.23. The van der Waals surface area contributed by atoms with Crippen LogP contribution in [0.4, 0.5) is 24.9 Å². The van der Waals surface area contributed by atoms with Crippen LogP contribution in [0.2, 0.25) is 0 Å². The van der Waals surface area contributed by atoms with E-state index < -0.39 is 6.36 Å². The maximum absolute atomic E-state index is 12.5. The van der Waals surface area contributed by atoms with E-state index in [4.69, 9.17) is 4.42 Å². The van der Waals surface area contributed by atoms with Gasteiger partial charge >= 0.3 is 6.36 Å². The predicted molar refractivity (Wildman–Crippen MR) is 104 cm³/mol. The van der Waals surface area contributed by atoms with Crippen molar-refractivity contribution in [2.75, 3.05) is 10.6 Å². The molecule has 0 aliphatic carbocycles. The molecule has 0 unspecified atom stereocenters. The minimum absolute atomic E-state index is 0.128. The van der Waals surface area contributed by atoms with Crippen LogP contribution in [0.15, 0.2) is 53.1 Å². The molecule has 0 aliphatic heterocycles. The second-order valence-electron chi connectivity index (χ2n) is 6.42. The number of ether oxygens (including phenoxy) is 1. The van der Waals surface area contributed by atoms with Crippen molar-refractivity contribution in [2.45, 2.75) is 39.2 Å². The van der Waals surface area contributed by atoms with Gasteiger partial charge in [-0.05, 0) is 37.6 Å². The number of furan rings is 1. The standard InChI is InChI=1S/C20H21F3N4O2/c1-3-13(2)25-19-26-17(11-18(27-19)24-12-16-8-5-9-28-16)14-6-4-7-15(10-14)29-20(21,22)23/h4-11,13H,3,12H2,1-2H3,(H2,24,25,26,27)/t13-/m0/s1. The lowest BCUT2D eigenvalue weighted by molar-refractivity contribution is -0.274. The quantitative estimate of drug-likeness (QED) is 0.518.